The normalized spacial score (nSPS) is 15.6. The zero-order valence-corrected chi connectivity index (χ0v) is 16.0. The van der Waals surface area contributed by atoms with E-state index in [1.807, 2.05) is 24.3 Å². The van der Waals surface area contributed by atoms with Crippen LogP contribution in [0.15, 0.2) is 24.3 Å². The van der Waals surface area contributed by atoms with Gasteiger partial charge < -0.3 is 10.1 Å². The lowest BCUT2D eigenvalue weighted by Crippen LogP contribution is -2.53. The molecule has 1 N–H and O–H groups in total. The third-order valence-electron chi connectivity index (χ3n) is 4.56. The van der Waals surface area contributed by atoms with Gasteiger partial charge in [-0.25, -0.2) is 0 Å². The molecule has 1 aliphatic rings. The van der Waals surface area contributed by atoms with Crippen LogP contribution in [0.3, 0.4) is 0 Å². The van der Waals surface area contributed by atoms with Crippen LogP contribution in [0.1, 0.15) is 38.7 Å². The fourth-order valence-corrected chi connectivity index (χ4v) is 2.87. The summed E-state index contributed by atoms with van der Waals surface area (Å²) >= 11 is 0. The van der Waals surface area contributed by atoms with Crippen LogP contribution in [-0.4, -0.2) is 43.2 Å². The highest BCUT2D eigenvalue weighted by Crippen LogP contribution is 2.22. The number of rotatable bonds is 10. The van der Waals surface area contributed by atoms with Crippen LogP contribution in [-0.2, 0) is 11.3 Å². The van der Waals surface area contributed by atoms with Gasteiger partial charge in [-0.2, -0.15) is 13.2 Å². The molecule has 1 aromatic rings. The van der Waals surface area contributed by atoms with Gasteiger partial charge >= 0.3 is 6.18 Å². The predicted molar refractivity (Wildman–Crippen MR) is 98.5 cm³/mol. The van der Waals surface area contributed by atoms with Crippen LogP contribution in [0.25, 0.3) is 0 Å². The fourth-order valence-electron chi connectivity index (χ4n) is 2.87. The molecule has 0 spiro atoms. The molecule has 152 valence electrons. The Bertz CT molecular complexity index is 582. The van der Waals surface area contributed by atoms with E-state index in [4.69, 9.17) is 4.74 Å². The summed E-state index contributed by atoms with van der Waals surface area (Å²) in [5.74, 6) is 1.20. The lowest BCUT2D eigenvalue weighted by atomic mass is 9.98. The number of alkyl halides is 3. The minimum absolute atomic E-state index is 0.0722. The average molecular weight is 386 g/mol. The second kappa shape index (κ2) is 9.97. The van der Waals surface area contributed by atoms with Gasteiger partial charge in [-0.15, -0.1) is 0 Å². The Hall–Kier alpha value is -1.76. The summed E-state index contributed by atoms with van der Waals surface area (Å²) < 4.78 is 41.9. The van der Waals surface area contributed by atoms with Crippen molar-refractivity contribution in [3.8, 4) is 5.75 Å². The van der Waals surface area contributed by atoms with Gasteiger partial charge in [-0.3, -0.25) is 9.69 Å². The lowest BCUT2D eigenvalue weighted by Gasteiger charge is -2.38. The highest BCUT2D eigenvalue weighted by Gasteiger charge is 2.32. The number of carbonyl (C=O) groups excluding carboxylic acids is 1. The van der Waals surface area contributed by atoms with E-state index in [2.05, 4.69) is 24.1 Å². The van der Waals surface area contributed by atoms with E-state index in [0.29, 0.717) is 25.6 Å². The SMILES string of the molecule is CC(C)CCOc1ccc(CN2CC(C(=O)NCCCC(F)(F)F)C2)cc1. The highest BCUT2D eigenvalue weighted by molar-refractivity contribution is 5.79. The predicted octanol–water partition coefficient (Wildman–Crippen LogP) is 4.00. The van der Waals surface area contributed by atoms with Gasteiger partial charge in [-0.1, -0.05) is 26.0 Å². The molecule has 1 amide bonds. The first kappa shape index (κ1) is 21.5. The Labute approximate surface area is 159 Å². The van der Waals surface area contributed by atoms with Crippen molar-refractivity contribution in [3.05, 3.63) is 29.8 Å². The number of halogens is 3. The monoisotopic (exact) mass is 386 g/mol. The van der Waals surface area contributed by atoms with E-state index in [0.717, 1.165) is 24.3 Å². The van der Waals surface area contributed by atoms with Crippen LogP contribution in [0, 0.1) is 11.8 Å². The molecular weight excluding hydrogens is 357 g/mol. The Balaban J connectivity index is 1.61. The van der Waals surface area contributed by atoms with Crippen LogP contribution in [0.2, 0.25) is 0 Å². The van der Waals surface area contributed by atoms with Crippen molar-refractivity contribution in [1.82, 2.24) is 10.2 Å². The summed E-state index contributed by atoms with van der Waals surface area (Å²) in [6, 6.07) is 7.96. The first-order chi connectivity index (χ1) is 12.7. The number of likely N-dealkylation sites (tertiary alicyclic amines) is 1. The topological polar surface area (TPSA) is 41.6 Å². The molecule has 1 aliphatic heterocycles. The van der Waals surface area contributed by atoms with Gasteiger partial charge in [0.25, 0.3) is 0 Å². The third kappa shape index (κ3) is 8.20. The molecule has 1 aromatic carbocycles. The number of hydrogen-bond acceptors (Lipinski definition) is 3. The molecule has 1 heterocycles. The molecule has 0 radical (unpaired) electrons. The minimum Gasteiger partial charge on any atom is -0.494 e. The zero-order chi connectivity index (χ0) is 19.9. The number of ether oxygens (including phenoxy) is 1. The second-order valence-electron chi connectivity index (χ2n) is 7.58. The number of carbonyl (C=O) groups is 1. The van der Waals surface area contributed by atoms with Gasteiger partial charge in [0, 0.05) is 32.6 Å². The molecule has 1 saturated heterocycles. The summed E-state index contributed by atoms with van der Waals surface area (Å²) in [7, 11) is 0. The number of nitrogens with one attached hydrogen (secondary N) is 1. The first-order valence-corrected chi connectivity index (χ1v) is 9.51. The van der Waals surface area contributed by atoms with E-state index in [1.54, 1.807) is 0 Å². The van der Waals surface area contributed by atoms with E-state index in [1.165, 1.54) is 0 Å². The smallest absolute Gasteiger partial charge is 0.389 e. The Kier molecular flexibility index (Phi) is 7.95. The number of nitrogens with zero attached hydrogens (tertiary/aromatic N) is 1. The van der Waals surface area contributed by atoms with Crippen LogP contribution >= 0.6 is 0 Å². The molecule has 0 bridgehead atoms. The van der Waals surface area contributed by atoms with Crippen molar-refractivity contribution in [2.45, 2.75) is 45.8 Å². The molecule has 0 atom stereocenters. The maximum absolute atomic E-state index is 12.1. The lowest BCUT2D eigenvalue weighted by molar-refractivity contribution is -0.137. The molecule has 27 heavy (non-hydrogen) atoms. The van der Waals surface area contributed by atoms with Crippen LogP contribution in [0.5, 0.6) is 5.75 Å². The number of amides is 1. The first-order valence-electron chi connectivity index (χ1n) is 9.51. The van der Waals surface area contributed by atoms with Gasteiger partial charge in [0.2, 0.25) is 5.91 Å². The summed E-state index contributed by atoms with van der Waals surface area (Å²) in [6.45, 7) is 7.14. The van der Waals surface area contributed by atoms with Gasteiger partial charge in [0.05, 0.1) is 12.5 Å². The van der Waals surface area contributed by atoms with Crippen molar-refractivity contribution < 1.29 is 22.7 Å². The average Bonchev–Trinajstić information content (AvgIpc) is 2.54. The quantitative estimate of drug-likeness (QED) is 0.618. The van der Waals surface area contributed by atoms with Crippen molar-refractivity contribution >= 4 is 5.91 Å². The van der Waals surface area contributed by atoms with Gasteiger partial charge in [0.15, 0.2) is 0 Å². The molecule has 0 saturated carbocycles. The van der Waals surface area contributed by atoms with E-state index in [-0.39, 0.29) is 24.8 Å². The summed E-state index contributed by atoms with van der Waals surface area (Å²) in [5.41, 5.74) is 1.15. The second-order valence-corrected chi connectivity index (χ2v) is 7.58. The molecule has 0 aliphatic carbocycles. The van der Waals surface area contributed by atoms with Gasteiger partial charge in [0.1, 0.15) is 5.75 Å². The van der Waals surface area contributed by atoms with Crippen molar-refractivity contribution in [2.24, 2.45) is 11.8 Å². The van der Waals surface area contributed by atoms with E-state index in [9.17, 15) is 18.0 Å². The Morgan fingerprint density at radius 2 is 1.93 bits per heavy atom. The summed E-state index contributed by atoms with van der Waals surface area (Å²) in [5, 5.41) is 2.59. The largest absolute Gasteiger partial charge is 0.494 e. The molecular formula is C20H29F3N2O2. The Morgan fingerprint density at radius 3 is 2.52 bits per heavy atom. The zero-order valence-electron chi connectivity index (χ0n) is 16.0. The van der Waals surface area contributed by atoms with E-state index >= 15 is 0 Å². The van der Waals surface area contributed by atoms with Crippen molar-refractivity contribution in [1.29, 1.82) is 0 Å². The van der Waals surface area contributed by atoms with Crippen molar-refractivity contribution in [2.75, 3.05) is 26.2 Å². The molecule has 2 rings (SSSR count). The van der Waals surface area contributed by atoms with Gasteiger partial charge in [-0.05, 0) is 36.5 Å². The minimum atomic E-state index is -4.16. The molecule has 0 aromatic heterocycles. The van der Waals surface area contributed by atoms with Crippen LogP contribution in [0.4, 0.5) is 13.2 Å². The molecule has 7 heteroatoms. The standard InChI is InChI=1S/C20H29F3N2O2/c1-15(2)8-11-27-18-6-4-16(5-7-18)12-25-13-17(14-25)19(26)24-10-3-9-20(21,22)23/h4-7,15,17H,3,8-14H2,1-2H3,(H,24,26). The molecule has 1 fully saturated rings. The van der Waals surface area contributed by atoms with Crippen LogP contribution < -0.4 is 10.1 Å². The highest BCUT2D eigenvalue weighted by atomic mass is 19.4. The third-order valence-corrected chi connectivity index (χ3v) is 4.56. The summed E-state index contributed by atoms with van der Waals surface area (Å²) in [4.78, 5) is 14.1. The Morgan fingerprint density at radius 1 is 1.26 bits per heavy atom. The summed E-state index contributed by atoms with van der Waals surface area (Å²) in [6.07, 6.45) is -4.07. The molecule has 0 unspecified atom stereocenters. The van der Waals surface area contributed by atoms with E-state index < -0.39 is 12.6 Å². The number of benzene rings is 1. The number of hydrogen-bond donors (Lipinski definition) is 1. The van der Waals surface area contributed by atoms with Crippen molar-refractivity contribution in [3.63, 3.8) is 0 Å². The fraction of sp³-hybridized carbons (Fsp3) is 0.650. The maximum atomic E-state index is 12.1. The maximum Gasteiger partial charge on any atom is 0.389 e. The molecule has 4 nitrogen and oxygen atoms in total.